The summed E-state index contributed by atoms with van der Waals surface area (Å²) in [6.07, 6.45) is -0.179. The van der Waals surface area contributed by atoms with Crippen molar-refractivity contribution in [2.24, 2.45) is 5.92 Å². The van der Waals surface area contributed by atoms with Crippen LogP contribution < -0.4 is 5.32 Å². The molecule has 1 saturated heterocycles. The third-order valence-corrected chi connectivity index (χ3v) is 6.06. The lowest BCUT2D eigenvalue weighted by Crippen LogP contribution is -2.29. The molecule has 0 aromatic heterocycles. The van der Waals surface area contributed by atoms with Gasteiger partial charge in [0.2, 0.25) is 5.91 Å². The van der Waals surface area contributed by atoms with E-state index in [2.05, 4.69) is 5.32 Å². The van der Waals surface area contributed by atoms with Crippen molar-refractivity contribution >= 4 is 15.7 Å². The smallest absolute Gasteiger partial charge is 0.220 e. The molecule has 0 spiro atoms. The first kappa shape index (κ1) is 19.8. The van der Waals surface area contributed by atoms with E-state index < -0.39 is 15.9 Å². The lowest BCUT2D eigenvalue weighted by Gasteiger charge is -2.13. The molecule has 2 rings (SSSR count). The van der Waals surface area contributed by atoms with Crippen LogP contribution in [0.1, 0.15) is 12.0 Å². The van der Waals surface area contributed by atoms with Crippen molar-refractivity contribution in [2.75, 3.05) is 39.6 Å². The highest BCUT2D eigenvalue weighted by atomic mass is 32.2. The molecule has 1 heterocycles. The zero-order valence-electron chi connectivity index (χ0n) is 14.6. The molecule has 0 saturated carbocycles. The Labute approximate surface area is 148 Å². The quantitative estimate of drug-likeness (QED) is 0.671. The number of aliphatic hydroxyl groups excluding tert-OH is 1. The van der Waals surface area contributed by atoms with Gasteiger partial charge in [0.1, 0.15) is 0 Å². The molecule has 2 atom stereocenters. The van der Waals surface area contributed by atoms with Crippen LogP contribution in [0.15, 0.2) is 29.2 Å². The van der Waals surface area contributed by atoms with Gasteiger partial charge in [-0.2, -0.15) is 0 Å². The number of aliphatic hydroxyl groups is 1. The maximum absolute atomic E-state index is 12.0. The largest absolute Gasteiger partial charge is 0.391 e. The van der Waals surface area contributed by atoms with E-state index >= 15 is 0 Å². The van der Waals surface area contributed by atoms with Gasteiger partial charge in [-0.1, -0.05) is 12.1 Å². The van der Waals surface area contributed by atoms with Crippen molar-refractivity contribution < 1.29 is 23.1 Å². The predicted molar refractivity (Wildman–Crippen MR) is 93.8 cm³/mol. The Morgan fingerprint density at radius 2 is 2.00 bits per heavy atom. The molecule has 0 radical (unpaired) electrons. The molecule has 1 aromatic carbocycles. The minimum Gasteiger partial charge on any atom is -0.391 e. The fourth-order valence-corrected chi connectivity index (χ4v) is 4.07. The van der Waals surface area contributed by atoms with E-state index in [1.54, 1.807) is 24.3 Å². The van der Waals surface area contributed by atoms with Gasteiger partial charge in [-0.25, -0.2) is 8.42 Å². The van der Waals surface area contributed by atoms with Gasteiger partial charge >= 0.3 is 0 Å². The van der Waals surface area contributed by atoms with E-state index in [1.807, 2.05) is 11.9 Å². The first-order valence-corrected chi connectivity index (χ1v) is 9.91. The standard InChI is InChI=1S/C17H26N2O5S/c1-19-11-14(16(20)12-19)9-17(21)18-10-13-3-5-15(6-4-13)25(22,23)8-7-24-2/h3-6,14,16,20H,7-12H2,1-2H3,(H,18,21)/t14-,16-/m1/s1. The summed E-state index contributed by atoms with van der Waals surface area (Å²) in [5.74, 6) is -0.216. The number of carbonyl (C=O) groups excluding carboxylic acids is 1. The second-order valence-corrected chi connectivity index (χ2v) is 8.59. The number of amides is 1. The molecule has 1 aliphatic heterocycles. The van der Waals surface area contributed by atoms with Crippen LogP contribution in [0.5, 0.6) is 0 Å². The number of hydrogen-bond acceptors (Lipinski definition) is 6. The summed E-state index contributed by atoms with van der Waals surface area (Å²) in [7, 11) is 0.0399. The maximum atomic E-state index is 12.0. The Hall–Kier alpha value is -1.48. The lowest BCUT2D eigenvalue weighted by atomic mass is 10.0. The number of likely N-dealkylation sites (tertiary alicyclic amines) is 1. The third kappa shape index (κ3) is 5.78. The average Bonchev–Trinajstić information content (AvgIpc) is 2.89. The van der Waals surface area contributed by atoms with Crippen molar-refractivity contribution in [1.29, 1.82) is 0 Å². The number of nitrogens with zero attached hydrogens (tertiary/aromatic N) is 1. The first-order valence-electron chi connectivity index (χ1n) is 8.26. The molecule has 7 nitrogen and oxygen atoms in total. The van der Waals surface area contributed by atoms with Crippen molar-refractivity contribution in [3.8, 4) is 0 Å². The van der Waals surface area contributed by atoms with Gasteiger partial charge in [-0.3, -0.25) is 4.79 Å². The molecular formula is C17H26N2O5S. The van der Waals surface area contributed by atoms with Crippen molar-refractivity contribution in [3.05, 3.63) is 29.8 Å². The van der Waals surface area contributed by atoms with Crippen LogP contribution in [0, 0.1) is 5.92 Å². The molecule has 25 heavy (non-hydrogen) atoms. The number of ether oxygens (including phenoxy) is 1. The summed E-state index contributed by atoms with van der Waals surface area (Å²) in [6.45, 7) is 1.79. The average molecular weight is 370 g/mol. The summed E-state index contributed by atoms with van der Waals surface area (Å²) < 4.78 is 28.9. The number of benzene rings is 1. The molecule has 0 unspecified atom stereocenters. The lowest BCUT2D eigenvalue weighted by molar-refractivity contribution is -0.122. The molecule has 8 heteroatoms. The molecule has 0 bridgehead atoms. The summed E-state index contributed by atoms with van der Waals surface area (Å²) in [4.78, 5) is 14.3. The molecule has 1 amide bonds. The second kappa shape index (κ2) is 8.75. The van der Waals surface area contributed by atoms with Crippen LogP contribution in [-0.2, 0) is 25.9 Å². The Morgan fingerprint density at radius 3 is 2.56 bits per heavy atom. The normalized spacial score (nSPS) is 21.4. The number of rotatable bonds is 8. The van der Waals surface area contributed by atoms with Crippen LogP contribution in [0.25, 0.3) is 0 Å². The molecule has 0 aliphatic carbocycles. The Morgan fingerprint density at radius 1 is 1.32 bits per heavy atom. The molecular weight excluding hydrogens is 344 g/mol. The molecule has 1 aromatic rings. The topological polar surface area (TPSA) is 95.9 Å². The SMILES string of the molecule is COCCS(=O)(=O)c1ccc(CNC(=O)C[C@@H]2CN(C)C[C@H]2O)cc1. The Bertz CT molecular complexity index is 675. The van der Waals surface area contributed by atoms with E-state index in [0.717, 1.165) is 5.56 Å². The first-order chi connectivity index (χ1) is 11.8. The minimum atomic E-state index is -3.34. The number of methoxy groups -OCH3 is 1. The number of carbonyl (C=O) groups is 1. The third-order valence-electron chi connectivity index (χ3n) is 4.36. The monoisotopic (exact) mass is 370 g/mol. The number of β-amino-alcohol motifs (C(OH)–C–C–N with tert-alkyl or cyclic N) is 1. The van der Waals surface area contributed by atoms with Gasteiger partial charge in [0.05, 0.1) is 23.4 Å². The van der Waals surface area contributed by atoms with Gasteiger partial charge in [0, 0.05) is 39.1 Å². The van der Waals surface area contributed by atoms with Crippen LogP contribution in [0.3, 0.4) is 0 Å². The van der Waals surface area contributed by atoms with E-state index in [4.69, 9.17) is 4.74 Å². The minimum absolute atomic E-state index is 0.0432. The van der Waals surface area contributed by atoms with Gasteiger partial charge in [-0.15, -0.1) is 0 Å². The Kier molecular flexibility index (Phi) is 6.95. The zero-order chi connectivity index (χ0) is 18.4. The van der Waals surface area contributed by atoms with Crippen molar-refractivity contribution in [3.63, 3.8) is 0 Å². The van der Waals surface area contributed by atoms with Gasteiger partial charge < -0.3 is 20.1 Å². The highest BCUT2D eigenvalue weighted by Crippen LogP contribution is 2.19. The number of sulfone groups is 1. The van der Waals surface area contributed by atoms with Crippen LogP contribution in [0.4, 0.5) is 0 Å². The van der Waals surface area contributed by atoms with Gasteiger partial charge in [0.25, 0.3) is 0 Å². The summed E-state index contributed by atoms with van der Waals surface area (Å²) in [5, 5.41) is 12.7. The van der Waals surface area contributed by atoms with Crippen LogP contribution >= 0.6 is 0 Å². The van der Waals surface area contributed by atoms with E-state index in [-0.39, 0.29) is 35.5 Å². The van der Waals surface area contributed by atoms with E-state index in [1.165, 1.54) is 7.11 Å². The van der Waals surface area contributed by atoms with Crippen LogP contribution in [-0.4, -0.2) is 70.0 Å². The van der Waals surface area contributed by atoms with Crippen LogP contribution in [0.2, 0.25) is 0 Å². The number of likely N-dealkylation sites (N-methyl/N-ethyl adjacent to an activating group) is 1. The second-order valence-electron chi connectivity index (χ2n) is 6.49. The maximum Gasteiger partial charge on any atom is 0.220 e. The fraction of sp³-hybridized carbons (Fsp3) is 0.588. The highest BCUT2D eigenvalue weighted by molar-refractivity contribution is 7.91. The summed E-state index contributed by atoms with van der Waals surface area (Å²) in [6, 6.07) is 6.47. The highest BCUT2D eigenvalue weighted by Gasteiger charge is 2.30. The number of hydrogen-bond donors (Lipinski definition) is 2. The van der Waals surface area contributed by atoms with Crippen molar-refractivity contribution in [2.45, 2.75) is 24.0 Å². The summed E-state index contributed by atoms with van der Waals surface area (Å²) >= 11 is 0. The van der Waals surface area contributed by atoms with Gasteiger partial charge in [-0.05, 0) is 24.7 Å². The molecule has 2 N–H and O–H groups in total. The van der Waals surface area contributed by atoms with Gasteiger partial charge in [0.15, 0.2) is 9.84 Å². The molecule has 140 valence electrons. The predicted octanol–water partition coefficient (Wildman–Crippen LogP) is 0.0355. The van der Waals surface area contributed by atoms with E-state index in [0.29, 0.717) is 19.6 Å². The van der Waals surface area contributed by atoms with E-state index in [9.17, 15) is 18.3 Å². The Balaban J connectivity index is 1.84. The summed E-state index contributed by atoms with van der Waals surface area (Å²) in [5.41, 5.74) is 0.822. The zero-order valence-corrected chi connectivity index (χ0v) is 15.5. The molecule has 1 aliphatic rings. The fourth-order valence-electron chi connectivity index (χ4n) is 2.90. The van der Waals surface area contributed by atoms with Crippen molar-refractivity contribution in [1.82, 2.24) is 10.2 Å². The number of nitrogens with one attached hydrogen (secondary N) is 1. The molecule has 1 fully saturated rings.